The summed E-state index contributed by atoms with van der Waals surface area (Å²) >= 11 is 2.62. The maximum absolute atomic E-state index is 10.8. The summed E-state index contributed by atoms with van der Waals surface area (Å²) in [5, 5.41) is 19.6. The maximum atomic E-state index is 10.8. The molecule has 0 spiro atoms. The van der Waals surface area contributed by atoms with E-state index in [4.69, 9.17) is 5.11 Å². The number of non-ortho nitro benzene ring substituents is 1. The van der Waals surface area contributed by atoms with Gasteiger partial charge in [-0.05, 0) is 19.4 Å². The smallest absolute Gasteiger partial charge is 0.308 e. The number of carbonyl (C=O) groups is 1. The molecule has 0 radical (unpaired) electrons. The number of benzene rings is 1. The fourth-order valence-corrected chi connectivity index (χ4v) is 3.95. The van der Waals surface area contributed by atoms with Crippen molar-refractivity contribution in [1.82, 2.24) is 4.98 Å². The molecule has 6 nitrogen and oxygen atoms in total. The molecular weight excluding hydrogens is 312 g/mol. The van der Waals surface area contributed by atoms with Crippen molar-refractivity contribution in [3.63, 3.8) is 0 Å². The minimum atomic E-state index is -0.898. The molecule has 0 aliphatic carbocycles. The highest BCUT2D eigenvalue weighted by Gasteiger charge is 2.14. The summed E-state index contributed by atoms with van der Waals surface area (Å²) in [6.45, 7) is 3.63. The lowest BCUT2D eigenvalue weighted by molar-refractivity contribution is -0.385. The number of hydrogen-bond acceptors (Lipinski definition) is 6. The van der Waals surface area contributed by atoms with Gasteiger partial charge in [0.05, 0.1) is 17.0 Å². The van der Waals surface area contributed by atoms with Crippen LogP contribution in [0.15, 0.2) is 27.4 Å². The fraction of sp³-hybridized carbons (Fsp3) is 0.231. The van der Waals surface area contributed by atoms with Crippen molar-refractivity contribution in [2.24, 2.45) is 0 Å². The molecule has 0 amide bonds. The Kier molecular flexibility index (Phi) is 4.59. The van der Waals surface area contributed by atoms with Gasteiger partial charge in [0.1, 0.15) is 0 Å². The summed E-state index contributed by atoms with van der Waals surface area (Å²) in [5.74, 6) is -0.898. The average Bonchev–Trinajstić information content (AvgIpc) is 2.71. The highest BCUT2D eigenvalue weighted by Crippen LogP contribution is 2.36. The Morgan fingerprint density at radius 2 is 2.19 bits per heavy atom. The van der Waals surface area contributed by atoms with Crippen molar-refractivity contribution < 1.29 is 14.8 Å². The van der Waals surface area contributed by atoms with E-state index in [1.54, 1.807) is 13.0 Å². The maximum Gasteiger partial charge on any atom is 0.308 e. The van der Waals surface area contributed by atoms with Crippen LogP contribution in [-0.4, -0.2) is 21.0 Å². The van der Waals surface area contributed by atoms with Crippen LogP contribution in [0.1, 0.15) is 16.1 Å². The van der Waals surface area contributed by atoms with E-state index in [-0.39, 0.29) is 12.1 Å². The Bertz CT molecular complexity index is 712. The second kappa shape index (κ2) is 6.23. The quantitative estimate of drug-likeness (QED) is 0.669. The van der Waals surface area contributed by atoms with E-state index in [0.29, 0.717) is 14.9 Å². The number of thiazole rings is 1. The van der Waals surface area contributed by atoms with Gasteiger partial charge in [0, 0.05) is 21.9 Å². The van der Waals surface area contributed by atoms with Crippen molar-refractivity contribution >= 4 is 34.8 Å². The predicted octanol–water partition coefficient (Wildman–Crippen LogP) is 3.45. The minimum Gasteiger partial charge on any atom is -0.481 e. The Morgan fingerprint density at radius 1 is 1.48 bits per heavy atom. The number of nitro groups is 1. The summed E-state index contributed by atoms with van der Waals surface area (Å²) in [7, 11) is 0. The molecule has 1 aromatic heterocycles. The van der Waals surface area contributed by atoms with Gasteiger partial charge >= 0.3 is 5.97 Å². The molecule has 2 aromatic rings. The Morgan fingerprint density at radius 3 is 2.81 bits per heavy atom. The lowest BCUT2D eigenvalue weighted by Crippen LogP contribution is -1.99. The van der Waals surface area contributed by atoms with Crippen molar-refractivity contribution in [3.8, 4) is 0 Å². The molecule has 21 heavy (non-hydrogen) atoms. The molecule has 110 valence electrons. The van der Waals surface area contributed by atoms with E-state index < -0.39 is 10.9 Å². The van der Waals surface area contributed by atoms with Crippen molar-refractivity contribution in [3.05, 3.63) is 44.4 Å². The number of carboxylic acid groups (broad SMARTS) is 1. The molecule has 0 saturated heterocycles. The molecule has 0 unspecified atom stereocenters. The van der Waals surface area contributed by atoms with Crippen LogP contribution in [0.5, 0.6) is 0 Å². The van der Waals surface area contributed by atoms with Crippen LogP contribution in [-0.2, 0) is 11.2 Å². The van der Waals surface area contributed by atoms with Crippen LogP contribution in [0.2, 0.25) is 0 Å². The first kappa shape index (κ1) is 15.5. The zero-order valence-electron chi connectivity index (χ0n) is 11.3. The SMILES string of the molecule is Cc1ccc([N+](=O)[O-])cc1Sc1nc(C)c(CC(=O)O)s1. The van der Waals surface area contributed by atoms with Gasteiger partial charge in [-0.3, -0.25) is 14.9 Å². The minimum absolute atomic E-state index is 0.0298. The van der Waals surface area contributed by atoms with Crippen LogP contribution in [0.4, 0.5) is 5.69 Å². The molecule has 1 aromatic carbocycles. The van der Waals surface area contributed by atoms with Crippen LogP contribution in [0.25, 0.3) is 0 Å². The summed E-state index contributed by atoms with van der Waals surface area (Å²) in [6.07, 6.45) is -0.0576. The van der Waals surface area contributed by atoms with E-state index in [9.17, 15) is 14.9 Å². The van der Waals surface area contributed by atoms with Crippen molar-refractivity contribution in [1.29, 1.82) is 0 Å². The second-order valence-electron chi connectivity index (χ2n) is 4.37. The standard InChI is InChI=1S/C13H12N2O4S2/c1-7-3-4-9(15(18)19)5-10(7)20-13-14-8(2)11(21-13)6-12(16)17/h3-5H,6H2,1-2H3,(H,16,17). The average molecular weight is 324 g/mol. The van der Waals surface area contributed by atoms with Gasteiger partial charge in [0.15, 0.2) is 4.34 Å². The molecule has 1 heterocycles. The number of rotatable bonds is 5. The van der Waals surface area contributed by atoms with E-state index >= 15 is 0 Å². The number of aliphatic carboxylic acids is 1. The van der Waals surface area contributed by atoms with Crippen LogP contribution < -0.4 is 0 Å². The Balaban J connectivity index is 2.28. The molecule has 8 heteroatoms. The molecular formula is C13H12N2O4S2. The summed E-state index contributed by atoms with van der Waals surface area (Å²) in [4.78, 5) is 26.9. The first-order valence-electron chi connectivity index (χ1n) is 5.98. The molecule has 0 saturated carbocycles. The first-order chi connectivity index (χ1) is 9.86. The van der Waals surface area contributed by atoms with Crippen LogP contribution in [0, 0.1) is 24.0 Å². The number of nitrogens with zero attached hydrogens (tertiary/aromatic N) is 2. The molecule has 0 atom stereocenters. The van der Waals surface area contributed by atoms with E-state index in [1.165, 1.54) is 35.2 Å². The van der Waals surface area contributed by atoms with Crippen molar-refractivity contribution in [2.75, 3.05) is 0 Å². The van der Waals surface area contributed by atoms with Gasteiger partial charge < -0.3 is 5.11 Å². The summed E-state index contributed by atoms with van der Waals surface area (Å²) in [5.41, 5.74) is 1.63. The first-order valence-corrected chi connectivity index (χ1v) is 7.61. The van der Waals surface area contributed by atoms with E-state index in [2.05, 4.69) is 4.98 Å². The highest BCUT2D eigenvalue weighted by molar-refractivity contribution is 8.01. The van der Waals surface area contributed by atoms with E-state index in [1.807, 2.05) is 6.92 Å². The Hall–Kier alpha value is -1.93. The highest BCUT2D eigenvalue weighted by atomic mass is 32.2. The van der Waals surface area contributed by atoms with Gasteiger partial charge in [-0.1, -0.05) is 17.8 Å². The molecule has 0 aliphatic rings. The van der Waals surface area contributed by atoms with Crippen LogP contribution in [0.3, 0.4) is 0 Å². The summed E-state index contributed by atoms with van der Waals surface area (Å²) in [6, 6.07) is 4.66. The number of aryl methyl sites for hydroxylation is 2. The van der Waals surface area contributed by atoms with Gasteiger partial charge in [0.25, 0.3) is 5.69 Å². The molecule has 0 fully saturated rings. The normalized spacial score (nSPS) is 10.6. The molecule has 0 aliphatic heterocycles. The van der Waals surface area contributed by atoms with E-state index in [0.717, 1.165) is 10.5 Å². The topological polar surface area (TPSA) is 93.3 Å². The van der Waals surface area contributed by atoms with Gasteiger partial charge in [-0.25, -0.2) is 4.98 Å². The van der Waals surface area contributed by atoms with Gasteiger partial charge in [-0.2, -0.15) is 0 Å². The lowest BCUT2D eigenvalue weighted by atomic mass is 10.2. The zero-order valence-corrected chi connectivity index (χ0v) is 13.0. The van der Waals surface area contributed by atoms with Crippen molar-refractivity contribution in [2.45, 2.75) is 29.5 Å². The third-order valence-electron chi connectivity index (χ3n) is 2.76. The third kappa shape index (κ3) is 3.79. The number of nitro benzene ring substituents is 1. The van der Waals surface area contributed by atoms with Crippen LogP contribution >= 0.6 is 23.1 Å². The van der Waals surface area contributed by atoms with Gasteiger partial charge in [-0.15, -0.1) is 11.3 Å². The molecule has 0 bridgehead atoms. The monoisotopic (exact) mass is 324 g/mol. The predicted molar refractivity (Wildman–Crippen MR) is 80.1 cm³/mol. The van der Waals surface area contributed by atoms with Gasteiger partial charge in [0.2, 0.25) is 0 Å². The number of hydrogen-bond donors (Lipinski definition) is 1. The zero-order chi connectivity index (χ0) is 15.6. The second-order valence-corrected chi connectivity index (χ2v) is 6.74. The lowest BCUT2D eigenvalue weighted by Gasteiger charge is -2.02. The third-order valence-corrected chi connectivity index (χ3v) is 5.14. The fourth-order valence-electron chi connectivity index (χ4n) is 1.65. The largest absolute Gasteiger partial charge is 0.481 e. The number of carboxylic acids is 1. The molecule has 2 rings (SSSR count). The molecule has 1 N–H and O–H groups in total. The Labute approximate surface area is 129 Å². The summed E-state index contributed by atoms with van der Waals surface area (Å²) < 4.78 is 0.687. The number of aromatic nitrogens is 1.